The number of halogens is 1. The first-order valence-corrected chi connectivity index (χ1v) is 11.3. The normalized spacial score (nSPS) is 10.8. The monoisotopic (exact) mass is 475 g/mol. The predicted octanol–water partition coefficient (Wildman–Crippen LogP) is 3.84. The van der Waals surface area contributed by atoms with Crippen molar-refractivity contribution in [2.24, 2.45) is 0 Å². The number of amides is 2. The molecule has 2 N–H and O–H groups in total. The van der Waals surface area contributed by atoms with Gasteiger partial charge in [-0.3, -0.25) is 9.59 Å². The molecule has 2 amide bonds. The number of benzene rings is 2. The van der Waals surface area contributed by atoms with Crippen LogP contribution in [0.2, 0.25) is 0 Å². The summed E-state index contributed by atoms with van der Waals surface area (Å²) in [6.07, 6.45) is 2.82. The number of anilines is 1. The number of nitrogens with one attached hydrogen (secondary N) is 2. The largest absolute Gasteiger partial charge is 0.494 e. The zero-order valence-corrected chi connectivity index (χ0v) is 19.3. The lowest BCUT2D eigenvalue weighted by atomic mass is 10.2. The second kappa shape index (κ2) is 11.2. The van der Waals surface area contributed by atoms with Crippen LogP contribution in [0, 0.1) is 12.7 Å². The van der Waals surface area contributed by atoms with Gasteiger partial charge in [0.2, 0.25) is 0 Å². The molecule has 0 atom stereocenters. The highest BCUT2D eigenvalue weighted by atomic mass is 19.1. The molecule has 35 heavy (non-hydrogen) atoms. The van der Waals surface area contributed by atoms with Gasteiger partial charge in [-0.25, -0.2) is 14.1 Å². The second-order valence-corrected chi connectivity index (χ2v) is 8.04. The van der Waals surface area contributed by atoms with Crippen LogP contribution in [0.15, 0.2) is 66.9 Å². The van der Waals surface area contributed by atoms with E-state index in [1.165, 1.54) is 18.3 Å². The van der Waals surface area contributed by atoms with Crippen molar-refractivity contribution in [1.82, 2.24) is 20.1 Å². The minimum absolute atomic E-state index is 0.317. The molecule has 4 aromatic rings. The molecule has 2 aromatic heterocycles. The highest BCUT2D eigenvalue weighted by molar-refractivity contribution is 6.39. The van der Waals surface area contributed by atoms with Crippen LogP contribution >= 0.6 is 0 Å². The fourth-order valence-electron chi connectivity index (χ4n) is 3.56. The summed E-state index contributed by atoms with van der Waals surface area (Å²) in [7, 11) is 0. The van der Waals surface area contributed by atoms with E-state index in [2.05, 4.69) is 20.7 Å². The van der Waals surface area contributed by atoms with Crippen LogP contribution in [0.4, 0.5) is 10.1 Å². The summed E-state index contributed by atoms with van der Waals surface area (Å²) in [5.74, 6) is -1.22. The van der Waals surface area contributed by atoms with E-state index in [0.29, 0.717) is 49.6 Å². The minimum Gasteiger partial charge on any atom is -0.494 e. The summed E-state index contributed by atoms with van der Waals surface area (Å²) in [4.78, 5) is 28.9. The van der Waals surface area contributed by atoms with Crippen molar-refractivity contribution in [2.75, 3.05) is 18.5 Å². The van der Waals surface area contributed by atoms with Gasteiger partial charge in [0.1, 0.15) is 11.6 Å². The zero-order valence-electron chi connectivity index (χ0n) is 19.3. The number of aryl methyl sites for hydroxylation is 1. The van der Waals surface area contributed by atoms with Crippen LogP contribution in [-0.2, 0) is 16.1 Å². The summed E-state index contributed by atoms with van der Waals surface area (Å²) in [6.45, 7) is 3.23. The van der Waals surface area contributed by atoms with E-state index >= 15 is 0 Å². The number of rotatable bonds is 9. The number of hydrogen-bond acceptors (Lipinski definition) is 5. The number of nitrogens with zero attached hydrogens (tertiary/aromatic N) is 3. The molecule has 0 unspecified atom stereocenters. The van der Waals surface area contributed by atoms with Gasteiger partial charge in [0, 0.05) is 11.9 Å². The first-order valence-electron chi connectivity index (χ1n) is 11.3. The van der Waals surface area contributed by atoms with Gasteiger partial charge in [0.25, 0.3) is 0 Å². The highest BCUT2D eigenvalue weighted by Gasteiger charge is 2.15. The molecule has 2 heterocycles. The van der Waals surface area contributed by atoms with Crippen LogP contribution in [-0.4, -0.2) is 39.7 Å². The average Bonchev–Trinajstić information content (AvgIpc) is 3.17. The molecule has 0 fully saturated rings. The van der Waals surface area contributed by atoms with Crippen molar-refractivity contribution in [3.05, 3.63) is 83.9 Å². The van der Waals surface area contributed by atoms with E-state index < -0.39 is 11.8 Å². The van der Waals surface area contributed by atoms with Crippen LogP contribution in [0.3, 0.4) is 0 Å². The molecule has 0 spiro atoms. The fourth-order valence-corrected chi connectivity index (χ4v) is 3.56. The Kier molecular flexibility index (Phi) is 7.67. The van der Waals surface area contributed by atoms with Crippen LogP contribution in [0.1, 0.15) is 24.1 Å². The number of carbonyl (C=O) groups is 2. The number of unbranched alkanes of at least 4 members (excludes halogenated alkanes) is 1. The van der Waals surface area contributed by atoms with Gasteiger partial charge in [0.15, 0.2) is 5.65 Å². The third kappa shape index (κ3) is 6.41. The molecule has 0 aliphatic carbocycles. The van der Waals surface area contributed by atoms with E-state index in [0.717, 1.165) is 16.6 Å². The number of carbonyl (C=O) groups excluding carboxylic acids is 2. The maximum absolute atomic E-state index is 12.9. The molecule has 0 bridgehead atoms. The molecule has 0 aliphatic heterocycles. The van der Waals surface area contributed by atoms with Crippen LogP contribution in [0.5, 0.6) is 5.75 Å². The number of ether oxygens (including phenoxy) is 1. The molecule has 0 saturated heterocycles. The lowest BCUT2D eigenvalue weighted by Crippen LogP contribution is -2.36. The first-order chi connectivity index (χ1) is 17.0. The van der Waals surface area contributed by atoms with Gasteiger partial charge >= 0.3 is 11.8 Å². The highest BCUT2D eigenvalue weighted by Crippen LogP contribution is 2.21. The van der Waals surface area contributed by atoms with Crippen molar-refractivity contribution in [2.45, 2.75) is 26.3 Å². The number of hydrogen-bond donors (Lipinski definition) is 2. The van der Waals surface area contributed by atoms with Gasteiger partial charge in [0.05, 0.1) is 30.7 Å². The number of fused-ring (bicyclic) bond motifs is 1. The lowest BCUT2D eigenvalue weighted by Gasteiger charge is -2.08. The van der Waals surface area contributed by atoms with Gasteiger partial charge in [-0.1, -0.05) is 30.3 Å². The summed E-state index contributed by atoms with van der Waals surface area (Å²) in [6, 6.07) is 17.5. The van der Waals surface area contributed by atoms with Crippen LogP contribution < -0.4 is 15.4 Å². The molecular formula is C26H26FN5O3. The molecular weight excluding hydrogens is 449 g/mol. The Morgan fingerprint density at radius 2 is 1.80 bits per heavy atom. The van der Waals surface area contributed by atoms with E-state index in [1.807, 2.05) is 41.9 Å². The summed E-state index contributed by atoms with van der Waals surface area (Å²) in [5, 5.41) is 10.6. The van der Waals surface area contributed by atoms with E-state index in [1.54, 1.807) is 18.2 Å². The Hall–Kier alpha value is -4.27. The predicted molar refractivity (Wildman–Crippen MR) is 131 cm³/mol. The molecule has 8 nitrogen and oxygen atoms in total. The molecule has 0 aliphatic rings. The molecule has 0 radical (unpaired) electrons. The minimum atomic E-state index is -0.761. The van der Waals surface area contributed by atoms with Gasteiger partial charge < -0.3 is 15.4 Å². The molecule has 2 aromatic carbocycles. The van der Waals surface area contributed by atoms with Crippen molar-refractivity contribution in [1.29, 1.82) is 0 Å². The van der Waals surface area contributed by atoms with E-state index in [9.17, 15) is 14.0 Å². The topological polar surface area (TPSA) is 98.1 Å². The lowest BCUT2D eigenvalue weighted by molar-refractivity contribution is -0.136. The van der Waals surface area contributed by atoms with Gasteiger partial charge in [-0.15, -0.1) is 0 Å². The smallest absolute Gasteiger partial charge is 0.313 e. The Morgan fingerprint density at radius 1 is 1.03 bits per heavy atom. The number of pyridine rings is 1. The van der Waals surface area contributed by atoms with Crippen molar-refractivity contribution in [3.8, 4) is 5.75 Å². The van der Waals surface area contributed by atoms with Gasteiger partial charge in [-0.2, -0.15) is 5.10 Å². The Labute approximate surface area is 202 Å². The third-order valence-electron chi connectivity index (χ3n) is 5.35. The van der Waals surface area contributed by atoms with Gasteiger partial charge in [-0.05, 0) is 55.7 Å². The van der Waals surface area contributed by atoms with Crippen molar-refractivity contribution < 1.29 is 18.7 Å². The average molecular weight is 476 g/mol. The summed E-state index contributed by atoms with van der Waals surface area (Å²) in [5.41, 5.74) is 3.02. The molecule has 4 rings (SSSR count). The maximum atomic E-state index is 12.9. The molecule has 9 heteroatoms. The molecule has 180 valence electrons. The molecule has 0 saturated carbocycles. The Bertz CT molecular complexity index is 1310. The van der Waals surface area contributed by atoms with E-state index in [4.69, 9.17) is 4.74 Å². The summed E-state index contributed by atoms with van der Waals surface area (Å²) >= 11 is 0. The SMILES string of the molecule is Cc1nn(Cc2ccccc2)c2ncc(NC(=O)C(=O)NCCCCOc3ccc(F)cc3)cc12. The fraction of sp³-hybridized carbons (Fsp3) is 0.231. The van der Waals surface area contributed by atoms with E-state index in [-0.39, 0.29) is 5.82 Å². The standard InChI is InChI=1S/C26H26FN5O3/c1-18-23-15-21(16-29-24(23)32(31-18)17-19-7-3-2-4-8-19)30-26(34)25(33)28-13-5-6-14-35-22-11-9-20(27)10-12-22/h2-4,7-12,15-16H,5-6,13-14,17H2,1H3,(H,28,33)(H,30,34). The number of aromatic nitrogens is 3. The van der Waals surface area contributed by atoms with Crippen molar-refractivity contribution in [3.63, 3.8) is 0 Å². The zero-order chi connectivity index (χ0) is 24.6. The summed E-state index contributed by atoms with van der Waals surface area (Å²) < 4.78 is 20.2. The Balaban J connectivity index is 1.24. The maximum Gasteiger partial charge on any atom is 0.313 e. The van der Waals surface area contributed by atoms with Crippen LogP contribution in [0.25, 0.3) is 11.0 Å². The third-order valence-corrected chi connectivity index (χ3v) is 5.35. The Morgan fingerprint density at radius 3 is 2.57 bits per heavy atom. The quantitative estimate of drug-likeness (QED) is 0.283. The first kappa shape index (κ1) is 23.9. The van der Waals surface area contributed by atoms with Crippen molar-refractivity contribution >= 4 is 28.5 Å². The second-order valence-electron chi connectivity index (χ2n) is 8.04.